The van der Waals surface area contributed by atoms with Crippen LogP contribution in [0.15, 0.2) is 121 Å². The number of hydrogen-bond donors (Lipinski definition) is 1. The molecule has 0 saturated heterocycles. The summed E-state index contributed by atoms with van der Waals surface area (Å²) in [5.74, 6) is 0.0614. The zero-order chi connectivity index (χ0) is 31.6. The molecule has 0 radical (unpaired) electrons. The van der Waals surface area contributed by atoms with Crippen molar-refractivity contribution in [2.45, 2.75) is 51.6 Å². The predicted molar refractivity (Wildman–Crippen MR) is 184 cm³/mol. The summed E-state index contributed by atoms with van der Waals surface area (Å²) in [5.41, 5.74) is 8.31. The molecule has 0 amide bonds. The number of ether oxygens (including phenoxy) is 1. The van der Waals surface area contributed by atoms with Crippen molar-refractivity contribution in [1.29, 1.82) is 0 Å². The van der Waals surface area contributed by atoms with Crippen molar-refractivity contribution in [2.24, 2.45) is 0 Å². The average molecular weight is 596 g/mol. The molecule has 4 heteroatoms. The minimum atomic E-state index is -0.521. The van der Waals surface area contributed by atoms with E-state index in [1.54, 1.807) is 31.4 Å². The fourth-order valence-electron chi connectivity index (χ4n) is 6.70. The van der Waals surface area contributed by atoms with Gasteiger partial charge in [0.1, 0.15) is 5.75 Å². The largest absolute Gasteiger partial charge is 0.508 e. The van der Waals surface area contributed by atoms with Crippen molar-refractivity contribution in [1.82, 2.24) is 0 Å². The van der Waals surface area contributed by atoms with Gasteiger partial charge in [-0.2, -0.15) is 0 Å². The molecule has 1 aliphatic rings. The highest BCUT2D eigenvalue weighted by Crippen LogP contribution is 2.54. The first-order chi connectivity index (χ1) is 21.8. The molecular weight excluding hydrogens is 554 g/mol. The number of carbonyl (C=O) groups excluding carboxylic acids is 1. The Balaban J connectivity index is 1.64. The molecule has 6 rings (SSSR count). The highest BCUT2D eigenvalue weighted by molar-refractivity contribution is 6.07. The second-order valence-electron chi connectivity index (χ2n) is 12.5. The number of methoxy groups -OCH3 is 1. The summed E-state index contributed by atoms with van der Waals surface area (Å²) in [7, 11) is 1.75. The van der Waals surface area contributed by atoms with Crippen LogP contribution in [0.3, 0.4) is 0 Å². The van der Waals surface area contributed by atoms with Gasteiger partial charge in [0.15, 0.2) is 5.78 Å². The van der Waals surface area contributed by atoms with E-state index < -0.39 is 5.41 Å². The minimum Gasteiger partial charge on any atom is -0.508 e. The third kappa shape index (κ3) is 6.16. The molecule has 0 aromatic heterocycles. The number of anilines is 1. The van der Waals surface area contributed by atoms with Crippen LogP contribution >= 0.6 is 0 Å². The van der Waals surface area contributed by atoms with Gasteiger partial charge in [-0.1, -0.05) is 96.1 Å². The third-order valence-electron chi connectivity index (χ3n) is 9.30. The van der Waals surface area contributed by atoms with Crippen LogP contribution in [-0.2, 0) is 23.0 Å². The SMILES string of the molecule is COC(C)CCN1C(=CC(=O)c2ccc(O)cc2)C(Cc2ccc(C)cc2)(Cc2ccc(C)cc2)c2ccc3ccccc3c21. The van der Waals surface area contributed by atoms with E-state index in [1.165, 1.54) is 44.3 Å². The number of ketones is 1. The second kappa shape index (κ2) is 12.7. The summed E-state index contributed by atoms with van der Waals surface area (Å²) < 4.78 is 5.71. The molecule has 0 aliphatic carbocycles. The standard InChI is InChI=1S/C41H41NO3/c1-28-9-13-31(14-10-28)26-41(27-32-15-11-29(2)12-16-32)37-22-19-33-7-5-6-8-36(33)40(37)42(24-23-30(3)45-4)39(41)25-38(44)34-17-20-35(43)21-18-34/h5-22,25,30,43H,23-24,26-27H2,1-4H3. The number of nitrogens with zero attached hydrogens (tertiary/aromatic N) is 1. The van der Waals surface area contributed by atoms with Crippen LogP contribution in [0.1, 0.15) is 51.5 Å². The number of fused-ring (bicyclic) bond motifs is 3. The van der Waals surface area contributed by atoms with Crippen molar-refractivity contribution in [3.05, 3.63) is 154 Å². The lowest BCUT2D eigenvalue weighted by molar-refractivity contribution is 0.104. The van der Waals surface area contributed by atoms with Crippen LogP contribution in [0.4, 0.5) is 5.69 Å². The Labute approximate surface area is 266 Å². The van der Waals surface area contributed by atoms with Gasteiger partial charge in [-0.3, -0.25) is 4.79 Å². The van der Waals surface area contributed by atoms with Crippen LogP contribution < -0.4 is 4.90 Å². The zero-order valence-corrected chi connectivity index (χ0v) is 26.6. The Hall–Kier alpha value is -4.67. The van der Waals surface area contributed by atoms with E-state index in [-0.39, 0.29) is 17.6 Å². The van der Waals surface area contributed by atoms with Crippen LogP contribution in [0.5, 0.6) is 5.75 Å². The molecule has 1 heterocycles. The van der Waals surface area contributed by atoms with E-state index in [0.29, 0.717) is 12.1 Å². The number of phenolic OH excluding ortho intramolecular Hbond substituents is 1. The van der Waals surface area contributed by atoms with Crippen molar-refractivity contribution in [2.75, 3.05) is 18.6 Å². The number of carbonyl (C=O) groups is 1. The molecule has 1 unspecified atom stereocenters. The van der Waals surface area contributed by atoms with E-state index in [1.807, 2.05) is 6.08 Å². The van der Waals surface area contributed by atoms with Crippen LogP contribution in [-0.4, -0.2) is 30.6 Å². The van der Waals surface area contributed by atoms with Crippen LogP contribution in [0.25, 0.3) is 10.8 Å². The Kier molecular flexibility index (Phi) is 8.60. The van der Waals surface area contributed by atoms with Crippen LogP contribution in [0.2, 0.25) is 0 Å². The van der Waals surface area contributed by atoms with E-state index in [4.69, 9.17) is 4.74 Å². The Bertz CT molecular complexity index is 1790. The highest BCUT2D eigenvalue weighted by atomic mass is 16.5. The molecule has 1 atom stereocenters. The molecule has 1 aliphatic heterocycles. The predicted octanol–water partition coefficient (Wildman–Crippen LogP) is 8.90. The van der Waals surface area contributed by atoms with E-state index >= 15 is 0 Å². The monoisotopic (exact) mass is 595 g/mol. The van der Waals surface area contributed by atoms with Gasteiger partial charge in [-0.05, 0) is 86.4 Å². The van der Waals surface area contributed by atoms with Gasteiger partial charge in [0.25, 0.3) is 0 Å². The number of phenols is 1. The normalized spacial score (nSPS) is 15.4. The molecule has 0 saturated carbocycles. The molecular formula is C41H41NO3. The molecule has 5 aromatic carbocycles. The topological polar surface area (TPSA) is 49.8 Å². The first-order valence-electron chi connectivity index (χ1n) is 15.8. The number of aryl methyl sites for hydroxylation is 2. The molecule has 4 nitrogen and oxygen atoms in total. The van der Waals surface area contributed by atoms with Gasteiger partial charge in [-0.25, -0.2) is 0 Å². The smallest absolute Gasteiger partial charge is 0.187 e. The first kappa shape index (κ1) is 30.4. The lowest BCUT2D eigenvalue weighted by Gasteiger charge is -2.35. The maximum atomic E-state index is 14.1. The van der Waals surface area contributed by atoms with Crippen LogP contribution in [0, 0.1) is 13.8 Å². The lowest BCUT2D eigenvalue weighted by Crippen LogP contribution is -2.37. The van der Waals surface area contributed by atoms with Gasteiger partial charge in [0, 0.05) is 41.8 Å². The Morgan fingerprint density at radius 1 is 0.822 bits per heavy atom. The van der Waals surface area contributed by atoms with Gasteiger partial charge in [-0.15, -0.1) is 0 Å². The number of allylic oxidation sites excluding steroid dienone is 2. The Morgan fingerprint density at radius 3 is 2.02 bits per heavy atom. The Morgan fingerprint density at radius 2 is 1.42 bits per heavy atom. The summed E-state index contributed by atoms with van der Waals surface area (Å²) >= 11 is 0. The van der Waals surface area contributed by atoms with E-state index in [9.17, 15) is 9.90 Å². The molecule has 0 fully saturated rings. The summed E-state index contributed by atoms with van der Waals surface area (Å²) in [4.78, 5) is 16.5. The summed E-state index contributed by atoms with van der Waals surface area (Å²) in [5, 5.41) is 12.3. The number of hydrogen-bond acceptors (Lipinski definition) is 4. The van der Waals surface area contributed by atoms with Crippen molar-refractivity contribution >= 4 is 22.2 Å². The summed E-state index contributed by atoms with van der Waals surface area (Å²) in [6, 6.07) is 37.2. The zero-order valence-electron chi connectivity index (χ0n) is 26.6. The van der Waals surface area contributed by atoms with Gasteiger partial charge in [0.2, 0.25) is 0 Å². The van der Waals surface area contributed by atoms with E-state index in [0.717, 1.165) is 25.0 Å². The fraction of sp³-hybridized carbons (Fsp3) is 0.244. The summed E-state index contributed by atoms with van der Waals surface area (Å²) in [6.07, 6.45) is 4.19. The quantitative estimate of drug-likeness (QED) is 0.129. The van der Waals surface area contributed by atoms with Crippen molar-refractivity contribution < 1.29 is 14.6 Å². The second-order valence-corrected chi connectivity index (χ2v) is 12.5. The molecule has 0 spiro atoms. The third-order valence-corrected chi connectivity index (χ3v) is 9.30. The molecule has 0 bridgehead atoms. The van der Waals surface area contributed by atoms with Crippen molar-refractivity contribution in [3.63, 3.8) is 0 Å². The maximum Gasteiger partial charge on any atom is 0.187 e. The fourth-order valence-corrected chi connectivity index (χ4v) is 6.70. The molecule has 1 N–H and O–H groups in total. The number of rotatable bonds is 10. The molecule has 228 valence electrons. The highest BCUT2D eigenvalue weighted by Gasteiger charge is 2.48. The minimum absolute atomic E-state index is 0.0571. The van der Waals surface area contributed by atoms with E-state index in [2.05, 4.69) is 111 Å². The number of aromatic hydroxyl groups is 1. The summed E-state index contributed by atoms with van der Waals surface area (Å²) in [6.45, 7) is 7.03. The first-order valence-corrected chi connectivity index (χ1v) is 15.8. The lowest BCUT2D eigenvalue weighted by atomic mass is 9.70. The number of benzene rings is 5. The molecule has 45 heavy (non-hydrogen) atoms. The van der Waals surface area contributed by atoms with Gasteiger partial charge in [0.05, 0.1) is 11.8 Å². The average Bonchev–Trinajstić information content (AvgIpc) is 3.30. The van der Waals surface area contributed by atoms with Gasteiger partial charge < -0.3 is 14.7 Å². The maximum absolute atomic E-state index is 14.1. The van der Waals surface area contributed by atoms with Gasteiger partial charge >= 0.3 is 0 Å². The van der Waals surface area contributed by atoms with Crippen molar-refractivity contribution in [3.8, 4) is 5.75 Å². The molecule has 5 aromatic rings.